The molecule has 4 heterocycles. The molecule has 9 atom stereocenters. The molecular weight excluding hydrogens is 1070 g/mol. The zero-order valence-corrected chi connectivity index (χ0v) is 45.2. The summed E-state index contributed by atoms with van der Waals surface area (Å²) in [6, 6.07) is -3.30. The van der Waals surface area contributed by atoms with Crippen LogP contribution in [0.2, 0.25) is 0 Å². The first-order valence-corrected chi connectivity index (χ1v) is 27.9. The number of aliphatic imine (C=N–C) groups is 2. The zero-order chi connectivity index (χ0) is 57.9. The van der Waals surface area contributed by atoms with E-state index >= 15 is 0 Å². The molecule has 3 saturated heterocycles. The molecule has 32 heteroatoms. The van der Waals surface area contributed by atoms with Gasteiger partial charge in [0.2, 0.25) is 47.3 Å². The number of carboxylic acids is 1. The lowest BCUT2D eigenvalue weighted by molar-refractivity contribution is -0.148. The van der Waals surface area contributed by atoms with Crippen LogP contribution in [-0.2, 0) is 47.9 Å². The van der Waals surface area contributed by atoms with Crippen LogP contribution in [0.3, 0.4) is 0 Å². The minimum Gasteiger partial charge on any atom is -0.480 e. The Morgan fingerprint density at radius 3 is 2.20 bits per heavy atom. The van der Waals surface area contributed by atoms with E-state index in [-0.39, 0.29) is 87.6 Å². The highest BCUT2D eigenvalue weighted by Crippen LogP contribution is 2.34. The van der Waals surface area contributed by atoms with Gasteiger partial charge in [-0.15, -0.1) is 23.5 Å². The number of hydrogen-bond acceptors (Lipinski definition) is 18. The smallest absolute Gasteiger partial charge is 0.326 e. The molecular formula is C47H73N17O13S2. The highest BCUT2D eigenvalue weighted by Gasteiger charge is 2.46. The van der Waals surface area contributed by atoms with Crippen LogP contribution in [0.1, 0.15) is 57.8 Å². The number of nitrogens with zero attached hydrogens (tertiary/aromatic N) is 6. The number of carboxylic acid groups (broad SMARTS) is 1. The number of rotatable bonds is 27. The fourth-order valence-electron chi connectivity index (χ4n) is 9.27. The summed E-state index contributed by atoms with van der Waals surface area (Å²) in [5, 5.41) is 43.4. The molecule has 0 spiro atoms. The Morgan fingerprint density at radius 2 is 1.51 bits per heavy atom. The van der Waals surface area contributed by atoms with E-state index in [1.165, 1.54) is 28.4 Å². The highest BCUT2D eigenvalue weighted by molar-refractivity contribution is 7.99. The van der Waals surface area contributed by atoms with E-state index in [0.717, 1.165) is 14.7 Å². The van der Waals surface area contributed by atoms with Gasteiger partial charge in [0, 0.05) is 49.0 Å². The van der Waals surface area contributed by atoms with E-state index in [2.05, 4.69) is 36.6 Å². The summed E-state index contributed by atoms with van der Waals surface area (Å²) < 4.78 is 0. The first-order chi connectivity index (χ1) is 37.6. The molecule has 0 aromatic heterocycles. The second kappa shape index (κ2) is 30.4. The molecule has 4 aliphatic rings. The van der Waals surface area contributed by atoms with E-state index in [1.807, 2.05) is 0 Å². The van der Waals surface area contributed by atoms with Crippen LogP contribution in [0.15, 0.2) is 39.1 Å². The number of aliphatic hydroxyl groups excluding tert-OH is 2. The number of para-hydroxylation sites is 1. The largest absolute Gasteiger partial charge is 0.480 e. The van der Waals surface area contributed by atoms with Crippen molar-refractivity contribution in [3.8, 4) is 0 Å². The van der Waals surface area contributed by atoms with E-state index in [1.54, 1.807) is 24.3 Å². The van der Waals surface area contributed by atoms with Crippen molar-refractivity contribution in [2.45, 2.75) is 117 Å². The van der Waals surface area contributed by atoms with Gasteiger partial charge in [-0.3, -0.25) is 53.1 Å². The van der Waals surface area contributed by atoms with Crippen molar-refractivity contribution >= 4 is 100 Å². The lowest BCUT2D eigenvalue weighted by atomic mass is 10.1. The minimum absolute atomic E-state index is 0.00233. The Bertz CT molecular complexity index is 2450. The van der Waals surface area contributed by atoms with Crippen molar-refractivity contribution in [1.82, 2.24) is 41.3 Å². The first-order valence-electron chi connectivity index (χ1n) is 25.7. The molecule has 0 radical (unpaired) electrons. The Labute approximate surface area is 463 Å². The second-order valence-corrected chi connectivity index (χ2v) is 21.2. The number of unbranched alkanes of at least 4 members (excludes halogenated alkanes) is 1. The summed E-state index contributed by atoms with van der Waals surface area (Å²) in [5.41, 5.74) is 33.6. The van der Waals surface area contributed by atoms with Crippen LogP contribution in [0, 0.1) is 0 Å². The van der Waals surface area contributed by atoms with Crippen molar-refractivity contribution in [3.05, 3.63) is 24.3 Å². The Balaban J connectivity index is 1.18. The Morgan fingerprint density at radius 1 is 0.785 bits per heavy atom. The number of carbonyl (C=O) groups is 10. The van der Waals surface area contributed by atoms with Gasteiger partial charge in [-0.1, -0.05) is 18.6 Å². The first kappa shape index (κ1) is 62.8. The number of aliphatic carboxylic acids is 1. The zero-order valence-electron chi connectivity index (χ0n) is 43.5. The number of β-amino-alcohol motifs (C(OH)–C–C–N with tert-alkyl or cyclic N) is 1. The topological polar surface area (TPSA) is 485 Å². The minimum atomic E-state index is -1.63. The lowest BCUT2D eigenvalue weighted by Crippen LogP contribution is -2.59. The number of thioether (sulfide) groups is 2. The van der Waals surface area contributed by atoms with Gasteiger partial charge in [0.1, 0.15) is 48.8 Å². The fraction of sp³-hybridized carbons (Fsp3) is 0.617. The standard InChI is InChI=1S/C47H73N17O13S2/c48-13-4-3-7-26(49)38(69)58-27(12-15-55-47(52)53)42(73)61-16-6-10-32(61)44(75)62-19-25(66)17-33(62)40(71)56-18-37(68)64-24-78-23-34(64)41(72)59-29(21-65)39(70)60-30-22-79-35-11-2-1-9-31(35)63(43(30)74)20-36(67)57-28(45(76)77)8-5-14-54-46(50)51/h1-2,9,11,25-30,32-34,65-66H,3-8,10,12-24,48-49H2,(H,56,71)(H,57,67)(H,58,69)(H,59,72)(H,60,70)(H,76,77)(H4,50,51,54)(H4,52,53,55)/t25?,26-,27-,28-,29-,30-,32-,33-,34-/m0/s1. The van der Waals surface area contributed by atoms with E-state index in [9.17, 15) is 63.3 Å². The number of amides is 9. The number of hydrogen-bond donors (Lipinski definition) is 14. The number of guanidine groups is 2. The molecule has 20 N–H and O–H groups in total. The van der Waals surface area contributed by atoms with Crippen LogP contribution < -0.4 is 65.9 Å². The van der Waals surface area contributed by atoms with E-state index < -0.39 is 133 Å². The normalized spacial score (nSPS) is 21.3. The predicted octanol–water partition coefficient (Wildman–Crippen LogP) is -6.71. The van der Waals surface area contributed by atoms with Crippen molar-refractivity contribution in [2.24, 2.45) is 44.4 Å². The average molecular weight is 1150 g/mol. The Hall–Kier alpha value is -7.00. The molecule has 0 saturated carbocycles. The third-order valence-electron chi connectivity index (χ3n) is 13.4. The van der Waals surface area contributed by atoms with Gasteiger partial charge >= 0.3 is 5.97 Å². The number of fused-ring (bicyclic) bond motifs is 1. The maximum atomic E-state index is 14.2. The number of carbonyl (C=O) groups excluding carboxylic acids is 9. The summed E-state index contributed by atoms with van der Waals surface area (Å²) in [5.74, 6) is -8.43. The monoisotopic (exact) mass is 1150 g/mol. The molecule has 9 amide bonds. The quantitative estimate of drug-likeness (QED) is 0.0221. The number of aliphatic hydroxyl groups is 2. The van der Waals surface area contributed by atoms with Crippen LogP contribution in [0.4, 0.5) is 5.69 Å². The molecule has 79 heavy (non-hydrogen) atoms. The molecule has 30 nitrogen and oxygen atoms in total. The summed E-state index contributed by atoms with van der Waals surface area (Å²) in [6.07, 6.45) is 1.00. The number of anilines is 1. The summed E-state index contributed by atoms with van der Waals surface area (Å²) in [7, 11) is 0. The van der Waals surface area contributed by atoms with Gasteiger partial charge in [-0.05, 0) is 63.6 Å². The average Bonchev–Trinajstić information content (AvgIpc) is 4.31. The number of likely N-dealkylation sites (tertiary alicyclic amines) is 2. The summed E-state index contributed by atoms with van der Waals surface area (Å²) in [4.78, 5) is 149. The van der Waals surface area contributed by atoms with Gasteiger partial charge in [-0.2, -0.15) is 0 Å². The van der Waals surface area contributed by atoms with Gasteiger partial charge in [0.05, 0.1) is 36.9 Å². The van der Waals surface area contributed by atoms with Crippen molar-refractivity contribution in [1.29, 1.82) is 0 Å². The maximum Gasteiger partial charge on any atom is 0.326 e. The molecule has 5 rings (SSSR count). The van der Waals surface area contributed by atoms with Crippen molar-refractivity contribution in [3.63, 3.8) is 0 Å². The highest BCUT2D eigenvalue weighted by atomic mass is 32.2. The number of nitrogens with two attached hydrogens (primary N) is 6. The van der Waals surface area contributed by atoms with Crippen LogP contribution in [0.5, 0.6) is 0 Å². The fourth-order valence-corrected chi connectivity index (χ4v) is 11.5. The van der Waals surface area contributed by atoms with Crippen LogP contribution in [-0.4, -0.2) is 225 Å². The van der Waals surface area contributed by atoms with Gasteiger partial charge in [-0.25, -0.2) is 4.79 Å². The van der Waals surface area contributed by atoms with Crippen molar-refractivity contribution < 1.29 is 63.3 Å². The van der Waals surface area contributed by atoms with Gasteiger partial charge in [0.15, 0.2) is 11.9 Å². The van der Waals surface area contributed by atoms with Gasteiger partial charge in [0.25, 0.3) is 5.91 Å². The molecule has 3 fully saturated rings. The van der Waals surface area contributed by atoms with E-state index in [0.29, 0.717) is 42.8 Å². The molecule has 0 bridgehead atoms. The summed E-state index contributed by atoms with van der Waals surface area (Å²) >= 11 is 2.38. The van der Waals surface area contributed by atoms with Gasteiger partial charge < -0.3 is 95.9 Å². The molecule has 1 unspecified atom stereocenters. The molecule has 0 aliphatic carbocycles. The molecule has 1 aromatic rings. The van der Waals surface area contributed by atoms with Crippen molar-refractivity contribution in [2.75, 3.05) is 74.7 Å². The summed E-state index contributed by atoms with van der Waals surface area (Å²) in [6.45, 7) is -1.83. The lowest BCUT2D eigenvalue weighted by Gasteiger charge is -2.33. The second-order valence-electron chi connectivity index (χ2n) is 19.1. The molecule has 1 aromatic carbocycles. The number of nitrogens with one attached hydrogen (secondary N) is 5. The maximum absolute atomic E-state index is 14.2. The number of benzene rings is 1. The van der Waals surface area contributed by atoms with Crippen LogP contribution in [0.25, 0.3) is 0 Å². The molecule has 4 aliphatic heterocycles. The SMILES string of the molecule is NCCCC[C@H](N)C(=O)N[C@@H](CCN=C(N)N)C(=O)N1CCC[C@H]1C(=O)N1CC(O)C[C@H]1C(=O)NCC(=O)N1CSC[C@H]1C(=O)N[C@@H](CO)C(=O)N[C@H]1CSc2ccccc2N(CC(=O)N[C@@H](CCCN=C(N)N)C(=O)O)C1=O. The Kier molecular flexibility index (Phi) is 24.2. The predicted molar refractivity (Wildman–Crippen MR) is 290 cm³/mol. The third-order valence-corrected chi connectivity index (χ3v) is 15.5. The molecule has 436 valence electrons. The van der Waals surface area contributed by atoms with Crippen LogP contribution >= 0.6 is 23.5 Å². The third kappa shape index (κ3) is 17.8. The van der Waals surface area contributed by atoms with E-state index in [4.69, 9.17) is 34.4 Å².